The molecule has 2 N–H and O–H groups in total. The fourth-order valence-corrected chi connectivity index (χ4v) is 3.95. The molecule has 1 atom stereocenters. The fourth-order valence-electron chi connectivity index (χ4n) is 2.25. The Morgan fingerprint density at radius 1 is 1.55 bits per heavy atom. The molecular weight excluding hydrogens is 284 g/mol. The van der Waals surface area contributed by atoms with Gasteiger partial charge in [-0.15, -0.1) is 0 Å². The largest absolute Gasteiger partial charge is 0.463 e. The van der Waals surface area contributed by atoms with Crippen molar-refractivity contribution in [3.8, 4) is 0 Å². The number of hydrogen-bond donors (Lipinski definition) is 1. The molecule has 0 radical (unpaired) electrons. The molecular formula is C12H18N2O5S. The Balaban J connectivity index is 2.34. The summed E-state index contributed by atoms with van der Waals surface area (Å²) in [6.07, 6.45) is 1.53. The fraction of sp³-hybridized carbons (Fsp3) is 0.583. The molecule has 1 aliphatic rings. The number of nitrogens with two attached hydrogens (primary N) is 1. The summed E-state index contributed by atoms with van der Waals surface area (Å²) in [6.45, 7) is 2.21. The second kappa shape index (κ2) is 5.55. The maximum atomic E-state index is 12.5. The van der Waals surface area contributed by atoms with E-state index in [9.17, 15) is 13.2 Å². The second-order valence-corrected chi connectivity index (χ2v) is 6.69. The molecule has 0 aliphatic carbocycles. The number of ether oxygens (including phenoxy) is 1. The van der Waals surface area contributed by atoms with Gasteiger partial charge in [0.05, 0.1) is 7.11 Å². The lowest BCUT2D eigenvalue weighted by Crippen LogP contribution is -2.45. The number of nitrogens with zero attached hydrogens (tertiary/aromatic N) is 1. The van der Waals surface area contributed by atoms with Gasteiger partial charge < -0.3 is 14.9 Å². The van der Waals surface area contributed by atoms with Crippen LogP contribution in [0.3, 0.4) is 0 Å². The number of furan rings is 1. The molecule has 7 nitrogen and oxygen atoms in total. The lowest BCUT2D eigenvalue weighted by Gasteiger charge is -2.29. The van der Waals surface area contributed by atoms with Crippen LogP contribution in [-0.4, -0.2) is 44.9 Å². The summed E-state index contributed by atoms with van der Waals surface area (Å²) in [5, 5.41) is 0. The van der Waals surface area contributed by atoms with Crippen molar-refractivity contribution in [2.24, 2.45) is 5.73 Å². The Morgan fingerprint density at radius 3 is 2.85 bits per heavy atom. The minimum atomic E-state index is -3.69. The summed E-state index contributed by atoms with van der Waals surface area (Å²) in [4.78, 5) is 11.4. The van der Waals surface area contributed by atoms with Crippen LogP contribution < -0.4 is 5.73 Å². The Hall–Kier alpha value is -1.38. The predicted molar refractivity (Wildman–Crippen MR) is 70.8 cm³/mol. The van der Waals surface area contributed by atoms with Crippen LogP contribution in [0.1, 0.15) is 29.2 Å². The minimum Gasteiger partial charge on any atom is -0.463 e. The lowest BCUT2D eigenvalue weighted by molar-refractivity contribution is 0.0563. The summed E-state index contributed by atoms with van der Waals surface area (Å²) < 4.78 is 36.1. The topological polar surface area (TPSA) is 103 Å². The van der Waals surface area contributed by atoms with Gasteiger partial charge in [0.1, 0.15) is 10.7 Å². The van der Waals surface area contributed by atoms with Crippen molar-refractivity contribution < 1.29 is 22.4 Å². The van der Waals surface area contributed by atoms with Crippen molar-refractivity contribution in [1.29, 1.82) is 0 Å². The second-order valence-electron chi connectivity index (χ2n) is 4.79. The van der Waals surface area contributed by atoms with Gasteiger partial charge in [-0.2, -0.15) is 4.31 Å². The Bertz CT molecular complexity index is 607. The summed E-state index contributed by atoms with van der Waals surface area (Å²) in [7, 11) is -2.49. The Kier molecular flexibility index (Phi) is 4.17. The third-order valence-corrected chi connectivity index (χ3v) is 5.27. The first kappa shape index (κ1) is 15.0. The molecule has 1 saturated heterocycles. The highest BCUT2D eigenvalue weighted by atomic mass is 32.2. The smallest absolute Gasteiger partial charge is 0.373 e. The highest BCUT2D eigenvalue weighted by Crippen LogP contribution is 2.26. The van der Waals surface area contributed by atoms with E-state index in [1.165, 1.54) is 24.4 Å². The monoisotopic (exact) mass is 302 g/mol. The summed E-state index contributed by atoms with van der Waals surface area (Å²) in [5.41, 5.74) is 5.81. The molecule has 112 valence electrons. The van der Waals surface area contributed by atoms with E-state index in [2.05, 4.69) is 4.74 Å². The van der Waals surface area contributed by atoms with Crippen molar-refractivity contribution in [3.63, 3.8) is 0 Å². The van der Waals surface area contributed by atoms with Crippen LogP contribution in [0, 0.1) is 6.92 Å². The molecule has 0 aromatic carbocycles. The number of aryl methyl sites for hydroxylation is 1. The van der Waals surface area contributed by atoms with Gasteiger partial charge in [0, 0.05) is 25.2 Å². The number of hydrogen-bond acceptors (Lipinski definition) is 6. The van der Waals surface area contributed by atoms with E-state index in [-0.39, 0.29) is 29.0 Å². The normalized spacial score (nSPS) is 20.9. The predicted octanol–water partition coefficient (Wildman–Crippen LogP) is 0.486. The minimum absolute atomic E-state index is 0.00741. The van der Waals surface area contributed by atoms with E-state index in [1.807, 2.05) is 0 Å². The van der Waals surface area contributed by atoms with Crippen molar-refractivity contribution in [1.82, 2.24) is 4.31 Å². The number of sulfonamides is 1. The van der Waals surface area contributed by atoms with Crippen LogP contribution in [0.4, 0.5) is 0 Å². The lowest BCUT2D eigenvalue weighted by atomic mass is 10.1. The van der Waals surface area contributed by atoms with Crippen LogP contribution in [0.2, 0.25) is 0 Å². The highest BCUT2D eigenvalue weighted by molar-refractivity contribution is 7.89. The first-order valence-corrected chi connectivity index (χ1v) is 7.74. The van der Waals surface area contributed by atoms with Gasteiger partial charge >= 0.3 is 5.97 Å². The Morgan fingerprint density at radius 2 is 2.25 bits per heavy atom. The van der Waals surface area contributed by atoms with E-state index >= 15 is 0 Å². The third kappa shape index (κ3) is 2.72. The van der Waals surface area contributed by atoms with Gasteiger partial charge in [-0.25, -0.2) is 13.2 Å². The molecule has 8 heteroatoms. The van der Waals surface area contributed by atoms with Gasteiger partial charge in [-0.3, -0.25) is 0 Å². The number of esters is 1. The van der Waals surface area contributed by atoms with Crippen LogP contribution in [0.15, 0.2) is 15.4 Å². The van der Waals surface area contributed by atoms with Gasteiger partial charge in [0.2, 0.25) is 15.8 Å². The quantitative estimate of drug-likeness (QED) is 0.815. The summed E-state index contributed by atoms with van der Waals surface area (Å²) in [6, 6.07) is 1.04. The van der Waals surface area contributed by atoms with E-state index in [0.29, 0.717) is 6.54 Å². The average molecular weight is 302 g/mol. The van der Waals surface area contributed by atoms with E-state index < -0.39 is 16.0 Å². The molecule has 1 fully saturated rings. The first-order chi connectivity index (χ1) is 9.36. The number of carbonyl (C=O) groups is 1. The van der Waals surface area contributed by atoms with Gasteiger partial charge in [0.15, 0.2) is 0 Å². The van der Waals surface area contributed by atoms with Crippen molar-refractivity contribution in [2.45, 2.75) is 30.7 Å². The summed E-state index contributed by atoms with van der Waals surface area (Å²) >= 11 is 0. The maximum absolute atomic E-state index is 12.5. The molecule has 0 amide bonds. The van der Waals surface area contributed by atoms with Gasteiger partial charge in [0.25, 0.3) is 0 Å². The number of piperidine rings is 1. The zero-order chi connectivity index (χ0) is 14.9. The molecule has 1 aromatic heterocycles. The number of methoxy groups -OCH3 is 1. The standard InChI is InChI=1S/C12H18N2O5S/c1-8-11(6-10(19-8)12(15)18-2)20(16,17)14-5-3-4-9(13)7-14/h6,9H,3-5,7,13H2,1-2H3. The maximum Gasteiger partial charge on any atom is 0.373 e. The van der Waals surface area contributed by atoms with Crippen LogP contribution in [0.5, 0.6) is 0 Å². The molecule has 2 heterocycles. The molecule has 0 bridgehead atoms. The molecule has 0 spiro atoms. The highest BCUT2D eigenvalue weighted by Gasteiger charge is 2.32. The van der Waals surface area contributed by atoms with Crippen LogP contribution in [-0.2, 0) is 14.8 Å². The van der Waals surface area contributed by atoms with Crippen LogP contribution >= 0.6 is 0 Å². The SMILES string of the molecule is COC(=O)c1cc(S(=O)(=O)N2CCCC(N)C2)c(C)o1. The van der Waals surface area contributed by atoms with Crippen LogP contribution in [0.25, 0.3) is 0 Å². The van der Waals surface area contributed by atoms with Gasteiger partial charge in [-0.05, 0) is 19.8 Å². The van der Waals surface area contributed by atoms with E-state index in [0.717, 1.165) is 12.8 Å². The average Bonchev–Trinajstić information content (AvgIpc) is 2.80. The number of carbonyl (C=O) groups excluding carboxylic acids is 1. The molecule has 1 unspecified atom stereocenters. The van der Waals surface area contributed by atoms with Crippen molar-refractivity contribution in [2.75, 3.05) is 20.2 Å². The Labute approximate surface area is 117 Å². The van der Waals surface area contributed by atoms with Crippen molar-refractivity contribution >= 4 is 16.0 Å². The molecule has 1 aliphatic heterocycles. The molecule has 2 rings (SSSR count). The van der Waals surface area contributed by atoms with Gasteiger partial charge in [-0.1, -0.05) is 0 Å². The van der Waals surface area contributed by atoms with E-state index in [4.69, 9.17) is 10.2 Å². The molecule has 0 saturated carbocycles. The first-order valence-electron chi connectivity index (χ1n) is 6.30. The third-order valence-electron chi connectivity index (χ3n) is 3.30. The zero-order valence-corrected chi connectivity index (χ0v) is 12.3. The zero-order valence-electron chi connectivity index (χ0n) is 11.5. The summed E-state index contributed by atoms with van der Waals surface area (Å²) in [5.74, 6) is -0.653. The van der Waals surface area contributed by atoms with Crippen molar-refractivity contribution in [3.05, 3.63) is 17.6 Å². The molecule has 1 aromatic rings. The molecule has 20 heavy (non-hydrogen) atoms. The number of rotatable bonds is 3. The van der Waals surface area contributed by atoms with E-state index in [1.54, 1.807) is 0 Å².